The summed E-state index contributed by atoms with van der Waals surface area (Å²) < 4.78 is 0. The predicted octanol–water partition coefficient (Wildman–Crippen LogP) is 4.42. The van der Waals surface area contributed by atoms with Crippen molar-refractivity contribution in [2.45, 2.75) is 0 Å². The highest BCUT2D eigenvalue weighted by atomic mass is 32.1. The van der Waals surface area contributed by atoms with Crippen LogP contribution in [0.3, 0.4) is 0 Å². The number of nitriles is 1. The summed E-state index contributed by atoms with van der Waals surface area (Å²) >= 11 is 2.84. The lowest BCUT2D eigenvalue weighted by atomic mass is 10.2. The lowest BCUT2D eigenvalue weighted by Gasteiger charge is -1.99. The number of anilines is 1. The monoisotopic (exact) mass is 337 g/mol. The molecular formula is C17H11N3OS2. The van der Waals surface area contributed by atoms with E-state index in [1.165, 1.54) is 22.7 Å². The SMILES string of the molecule is N#C/C(=C\c1ccc(-c2ccccc2)s1)C(=O)Nc1nccs1. The first kappa shape index (κ1) is 15.2. The molecule has 4 nitrogen and oxygen atoms in total. The van der Waals surface area contributed by atoms with Crippen LogP contribution in [0, 0.1) is 11.3 Å². The van der Waals surface area contributed by atoms with Gasteiger partial charge in [0.25, 0.3) is 5.91 Å². The molecule has 0 saturated carbocycles. The lowest BCUT2D eigenvalue weighted by molar-refractivity contribution is -0.112. The number of thiazole rings is 1. The van der Waals surface area contributed by atoms with E-state index in [2.05, 4.69) is 10.3 Å². The first-order chi connectivity index (χ1) is 11.3. The van der Waals surface area contributed by atoms with Crippen LogP contribution < -0.4 is 5.32 Å². The van der Waals surface area contributed by atoms with Gasteiger partial charge in [-0.3, -0.25) is 10.1 Å². The molecule has 3 aromatic rings. The van der Waals surface area contributed by atoms with Crippen LogP contribution >= 0.6 is 22.7 Å². The van der Waals surface area contributed by atoms with Crippen molar-refractivity contribution in [3.8, 4) is 16.5 Å². The van der Waals surface area contributed by atoms with E-state index in [1.807, 2.05) is 48.5 Å². The zero-order valence-electron chi connectivity index (χ0n) is 11.9. The highest BCUT2D eigenvalue weighted by Gasteiger charge is 2.11. The topological polar surface area (TPSA) is 65.8 Å². The van der Waals surface area contributed by atoms with Gasteiger partial charge in [0, 0.05) is 21.3 Å². The number of amides is 1. The first-order valence-electron chi connectivity index (χ1n) is 6.74. The van der Waals surface area contributed by atoms with E-state index in [1.54, 1.807) is 17.7 Å². The third-order valence-electron chi connectivity index (χ3n) is 2.99. The molecule has 2 aromatic heterocycles. The molecule has 1 amide bonds. The Morgan fingerprint density at radius 2 is 2.04 bits per heavy atom. The maximum absolute atomic E-state index is 12.1. The molecule has 23 heavy (non-hydrogen) atoms. The maximum Gasteiger partial charge on any atom is 0.268 e. The smallest absolute Gasteiger partial charge is 0.268 e. The number of nitrogens with zero attached hydrogens (tertiary/aromatic N) is 2. The van der Waals surface area contributed by atoms with Gasteiger partial charge in [0.1, 0.15) is 11.6 Å². The second-order valence-electron chi connectivity index (χ2n) is 4.53. The summed E-state index contributed by atoms with van der Waals surface area (Å²) in [5.41, 5.74) is 1.17. The zero-order chi connectivity index (χ0) is 16.1. The quantitative estimate of drug-likeness (QED) is 0.566. The van der Waals surface area contributed by atoms with E-state index in [0.29, 0.717) is 5.13 Å². The summed E-state index contributed by atoms with van der Waals surface area (Å²) in [4.78, 5) is 18.0. The second kappa shape index (κ2) is 7.01. The number of hydrogen-bond acceptors (Lipinski definition) is 5. The van der Waals surface area contributed by atoms with Gasteiger partial charge in [-0.05, 0) is 23.8 Å². The average molecular weight is 337 g/mol. The van der Waals surface area contributed by atoms with Crippen LogP contribution in [0.4, 0.5) is 5.13 Å². The van der Waals surface area contributed by atoms with Gasteiger partial charge in [-0.1, -0.05) is 30.3 Å². The Morgan fingerprint density at radius 1 is 1.22 bits per heavy atom. The van der Waals surface area contributed by atoms with Gasteiger partial charge in [-0.2, -0.15) is 5.26 Å². The molecule has 0 atom stereocenters. The first-order valence-corrected chi connectivity index (χ1v) is 8.44. The van der Waals surface area contributed by atoms with Crippen LogP contribution in [-0.4, -0.2) is 10.9 Å². The highest BCUT2D eigenvalue weighted by Crippen LogP contribution is 2.29. The number of nitrogens with one attached hydrogen (secondary N) is 1. The second-order valence-corrected chi connectivity index (χ2v) is 6.54. The molecule has 0 aliphatic heterocycles. The van der Waals surface area contributed by atoms with Crippen LogP contribution in [0.25, 0.3) is 16.5 Å². The van der Waals surface area contributed by atoms with Gasteiger partial charge in [0.15, 0.2) is 5.13 Å². The van der Waals surface area contributed by atoms with Crippen molar-refractivity contribution in [1.29, 1.82) is 5.26 Å². The fourth-order valence-corrected chi connectivity index (χ4v) is 3.41. The lowest BCUT2D eigenvalue weighted by Crippen LogP contribution is -2.12. The van der Waals surface area contributed by atoms with Crippen molar-refractivity contribution in [2.75, 3.05) is 5.32 Å². The van der Waals surface area contributed by atoms with Gasteiger partial charge < -0.3 is 0 Å². The van der Waals surface area contributed by atoms with E-state index >= 15 is 0 Å². The molecule has 0 unspecified atom stereocenters. The van der Waals surface area contributed by atoms with E-state index < -0.39 is 5.91 Å². The fraction of sp³-hybridized carbons (Fsp3) is 0. The summed E-state index contributed by atoms with van der Waals surface area (Å²) in [6.07, 6.45) is 3.20. The molecule has 0 radical (unpaired) electrons. The summed E-state index contributed by atoms with van der Waals surface area (Å²) in [6, 6.07) is 15.8. The van der Waals surface area contributed by atoms with Crippen molar-refractivity contribution in [2.24, 2.45) is 0 Å². The van der Waals surface area contributed by atoms with Crippen molar-refractivity contribution in [3.63, 3.8) is 0 Å². The maximum atomic E-state index is 12.1. The average Bonchev–Trinajstić information content (AvgIpc) is 3.25. The molecule has 0 aliphatic carbocycles. The van der Waals surface area contributed by atoms with Crippen LogP contribution in [-0.2, 0) is 4.79 Å². The number of carbonyl (C=O) groups excluding carboxylic acids is 1. The Kier molecular flexibility index (Phi) is 4.62. The minimum absolute atomic E-state index is 0.0571. The summed E-state index contributed by atoms with van der Waals surface area (Å²) in [5, 5.41) is 14.1. The van der Waals surface area contributed by atoms with Crippen molar-refractivity contribution in [3.05, 3.63) is 64.5 Å². The molecule has 0 aliphatic rings. The standard InChI is InChI=1S/C17H11N3OS2/c18-11-13(16(21)20-17-19-8-9-22-17)10-14-6-7-15(23-14)12-4-2-1-3-5-12/h1-10H,(H,19,20,21)/b13-10+. The number of aromatic nitrogens is 1. The molecule has 1 aromatic carbocycles. The van der Waals surface area contributed by atoms with Crippen molar-refractivity contribution in [1.82, 2.24) is 4.98 Å². The number of carbonyl (C=O) groups is 1. The molecule has 0 saturated heterocycles. The van der Waals surface area contributed by atoms with Gasteiger partial charge in [0.2, 0.25) is 0 Å². The molecule has 6 heteroatoms. The van der Waals surface area contributed by atoms with E-state index in [-0.39, 0.29) is 5.57 Å². The van der Waals surface area contributed by atoms with Gasteiger partial charge in [0.05, 0.1) is 0 Å². The van der Waals surface area contributed by atoms with E-state index in [9.17, 15) is 10.1 Å². The summed E-state index contributed by atoms with van der Waals surface area (Å²) in [7, 11) is 0. The van der Waals surface area contributed by atoms with Crippen molar-refractivity contribution < 1.29 is 4.79 Å². The third kappa shape index (κ3) is 3.72. The van der Waals surface area contributed by atoms with Crippen LogP contribution in [0.5, 0.6) is 0 Å². The minimum Gasteiger partial charge on any atom is -0.297 e. The number of thiophene rings is 1. The van der Waals surface area contributed by atoms with Crippen LogP contribution in [0.2, 0.25) is 0 Å². The van der Waals surface area contributed by atoms with Gasteiger partial charge >= 0.3 is 0 Å². The van der Waals surface area contributed by atoms with Crippen LogP contribution in [0.1, 0.15) is 4.88 Å². The number of benzene rings is 1. The highest BCUT2D eigenvalue weighted by molar-refractivity contribution is 7.16. The third-order valence-corrected chi connectivity index (χ3v) is 4.76. The molecule has 0 bridgehead atoms. The van der Waals surface area contributed by atoms with E-state index in [4.69, 9.17) is 0 Å². The minimum atomic E-state index is -0.447. The normalized spacial score (nSPS) is 11.0. The molecule has 0 spiro atoms. The van der Waals surface area contributed by atoms with E-state index in [0.717, 1.165) is 15.3 Å². The van der Waals surface area contributed by atoms with Crippen molar-refractivity contribution >= 4 is 39.8 Å². The molecular weight excluding hydrogens is 326 g/mol. The zero-order valence-corrected chi connectivity index (χ0v) is 13.5. The van der Waals surface area contributed by atoms with Gasteiger partial charge in [-0.25, -0.2) is 4.98 Å². The number of rotatable bonds is 4. The Morgan fingerprint density at radius 3 is 2.74 bits per heavy atom. The van der Waals surface area contributed by atoms with Crippen LogP contribution in [0.15, 0.2) is 59.6 Å². The summed E-state index contributed by atoms with van der Waals surface area (Å²) in [6.45, 7) is 0. The Labute approximate surface area is 141 Å². The Hall–Kier alpha value is -2.75. The molecule has 0 fully saturated rings. The molecule has 2 heterocycles. The van der Waals surface area contributed by atoms with Gasteiger partial charge in [-0.15, -0.1) is 22.7 Å². The fourth-order valence-electron chi connectivity index (χ4n) is 1.93. The summed E-state index contributed by atoms with van der Waals surface area (Å²) in [5.74, 6) is -0.447. The molecule has 1 N–H and O–H groups in total. The number of hydrogen-bond donors (Lipinski definition) is 1. The molecule has 3 rings (SSSR count). The predicted molar refractivity (Wildman–Crippen MR) is 94.1 cm³/mol. The molecule has 112 valence electrons. The Bertz CT molecular complexity index is 874. The Balaban J connectivity index is 1.80. The largest absolute Gasteiger partial charge is 0.297 e.